The van der Waals surface area contributed by atoms with Crippen molar-refractivity contribution < 1.29 is 18.0 Å². The lowest BCUT2D eigenvalue weighted by molar-refractivity contribution is -0.141. The highest BCUT2D eigenvalue weighted by Crippen LogP contribution is 2.27. The minimum absolute atomic E-state index is 0.0659. The second kappa shape index (κ2) is 7.61. The van der Waals surface area contributed by atoms with Crippen molar-refractivity contribution in [1.82, 2.24) is 19.4 Å². The van der Waals surface area contributed by atoms with Gasteiger partial charge in [-0.15, -0.1) is 0 Å². The summed E-state index contributed by atoms with van der Waals surface area (Å²) in [5.74, 6) is 0.377. The van der Waals surface area contributed by atoms with Crippen LogP contribution in [0.1, 0.15) is 38.8 Å². The smallest absolute Gasteiger partial charge is 0.339 e. The average Bonchev–Trinajstić information content (AvgIpc) is 2.98. The first-order valence-corrected chi connectivity index (χ1v) is 9.35. The van der Waals surface area contributed by atoms with Crippen molar-refractivity contribution in [3.63, 3.8) is 0 Å². The molecule has 0 N–H and O–H groups in total. The molecular formula is C18H25F3N4O2. The number of amides is 1. The Morgan fingerprint density at radius 2 is 1.81 bits per heavy atom. The van der Waals surface area contributed by atoms with E-state index in [1.54, 1.807) is 0 Å². The molecule has 0 radical (unpaired) electrons. The van der Waals surface area contributed by atoms with Crippen LogP contribution in [0.4, 0.5) is 13.2 Å². The van der Waals surface area contributed by atoms with Crippen LogP contribution >= 0.6 is 0 Å². The van der Waals surface area contributed by atoms with Crippen molar-refractivity contribution in [2.45, 2.75) is 57.9 Å². The van der Waals surface area contributed by atoms with E-state index in [0.29, 0.717) is 12.6 Å². The van der Waals surface area contributed by atoms with E-state index in [-0.39, 0.29) is 23.9 Å². The van der Waals surface area contributed by atoms with Gasteiger partial charge < -0.3 is 4.90 Å². The topological polar surface area (TPSA) is 58.4 Å². The molecule has 2 aliphatic heterocycles. The molecule has 1 aromatic heterocycles. The minimum atomic E-state index is -4.61. The summed E-state index contributed by atoms with van der Waals surface area (Å²) in [6, 6.07) is 0.690. The van der Waals surface area contributed by atoms with Gasteiger partial charge in [-0.05, 0) is 52.1 Å². The van der Waals surface area contributed by atoms with E-state index in [0.717, 1.165) is 45.2 Å². The van der Waals surface area contributed by atoms with Crippen molar-refractivity contribution in [2.24, 2.45) is 5.92 Å². The summed E-state index contributed by atoms with van der Waals surface area (Å²) in [6.45, 7) is 6.69. The van der Waals surface area contributed by atoms with Crippen LogP contribution in [-0.4, -0.2) is 57.0 Å². The maximum Gasteiger partial charge on any atom is 0.433 e. The third-order valence-corrected chi connectivity index (χ3v) is 5.55. The third kappa shape index (κ3) is 4.34. The van der Waals surface area contributed by atoms with E-state index in [4.69, 9.17) is 0 Å². The highest BCUT2D eigenvalue weighted by Gasteiger charge is 2.38. The number of nitrogens with zero attached hydrogens (tertiary/aromatic N) is 4. The molecule has 3 rings (SSSR count). The molecule has 3 heterocycles. The van der Waals surface area contributed by atoms with E-state index < -0.39 is 17.4 Å². The molecule has 2 fully saturated rings. The SMILES string of the molecule is CC(C)N1CCC(N2CCC(Cn3cnc(C(F)(F)F)cc3=O)CC2)C1=O. The van der Waals surface area contributed by atoms with Crippen molar-refractivity contribution in [1.29, 1.82) is 0 Å². The lowest BCUT2D eigenvalue weighted by Crippen LogP contribution is -2.47. The fraction of sp³-hybridized carbons (Fsp3) is 0.722. The van der Waals surface area contributed by atoms with Gasteiger partial charge in [-0.2, -0.15) is 13.2 Å². The van der Waals surface area contributed by atoms with Gasteiger partial charge in [0.15, 0.2) is 5.69 Å². The molecule has 1 amide bonds. The quantitative estimate of drug-likeness (QED) is 0.794. The normalized spacial score (nSPS) is 22.8. The van der Waals surface area contributed by atoms with Gasteiger partial charge in [0, 0.05) is 25.2 Å². The van der Waals surface area contributed by atoms with E-state index in [9.17, 15) is 22.8 Å². The molecule has 0 bridgehead atoms. The van der Waals surface area contributed by atoms with Gasteiger partial charge >= 0.3 is 6.18 Å². The van der Waals surface area contributed by atoms with Gasteiger partial charge in [0.25, 0.3) is 5.56 Å². The second-order valence-corrected chi connectivity index (χ2v) is 7.67. The summed E-state index contributed by atoms with van der Waals surface area (Å²) >= 11 is 0. The van der Waals surface area contributed by atoms with E-state index in [1.807, 2.05) is 18.7 Å². The van der Waals surface area contributed by atoms with Gasteiger partial charge in [-0.1, -0.05) is 0 Å². The molecule has 0 aromatic carbocycles. The maximum atomic E-state index is 12.6. The van der Waals surface area contributed by atoms with Gasteiger partial charge in [-0.25, -0.2) is 4.98 Å². The number of piperidine rings is 1. The van der Waals surface area contributed by atoms with Gasteiger partial charge in [0.1, 0.15) is 0 Å². The molecule has 0 saturated carbocycles. The Morgan fingerprint density at radius 3 is 2.33 bits per heavy atom. The molecule has 27 heavy (non-hydrogen) atoms. The molecule has 1 aromatic rings. The molecule has 2 saturated heterocycles. The summed E-state index contributed by atoms with van der Waals surface area (Å²) in [5.41, 5.74) is -1.84. The fourth-order valence-corrected chi connectivity index (χ4v) is 3.98. The minimum Gasteiger partial charge on any atom is -0.339 e. The molecule has 2 aliphatic rings. The van der Waals surface area contributed by atoms with Crippen LogP contribution in [0.5, 0.6) is 0 Å². The highest BCUT2D eigenvalue weighted by molar-refractivity contribution is 5.84. The Bertz CT molecular complexity index is 739. The van der Waals surface area contributed by atoms with Crippen molar-refractivity contribution >= 4 is 5.91 Å². The lowest BCUT2D eigenvalue weighted by Gasteiger charge is -2.35. The Hall–Kier alpha value is -1.90. The number of carbonyl (C=O) groups is 1. The maximum absolute atomic E-state index is 12.6. The van der Waals surface area contributed by atoms with Crippen LogP contribution in [0, 0.1) is 5.92 Å². The Balaban J connectivity index is 1.56. The molecule has 9 heteroatoms. The standard InChI is InChI=1S/C18H25F3N4O2/c1-12(2)25-8-5-14(17(25)27)23-6-3-13(4-7-23)10-24-11-22-15(9-16(24)26)18(19,20)21/h9,11-14H,3-8,10H2,1-2H3. The van der Waals surface area contributed by atoms with E-state index in [2.05, 4.69) is 9.88 Å². The zero-order valence-corrected chi connectivity index (χ0v) is 15.6. The van der Waals surface area contributed by atoms with Crippen LogP contribution in [0.3, 0.4) is 0 Å². The second-order valence-electron chi connectivity index (χ2n) is 7.67. The van der Waals surface area contributed by atoms with Gasteiger partial charge in [-0.3, -0.25) is 19.1 Å². The number of rotatable bonds is 4. The molecule has 0 spiro atoms. The van der Waals surface area contributed by atoms with Crippen LogP contribution in [0.25, 0.3) is 0 Å². The summed E-state index contributed by atoms with van der Waals surface area (Å²) in [7, 11) is 0. The van der Waals surface area contributed by atoms with Crippen LogP contribution in [0.2, 0.25) is 0 Å². The number of hydrogen-bond acceptors (Lipinski definition) is 4. The predicted octanol–water partition coefficient (Wildman–Crippen LogP) is 1.98. The summed E-state index contributed by atoms with van der Waals surface area (Å²) in [4.78, 5) is 31.9. The first-order valence-electron chi connectivity index (χ1n) is 9.35. The van der Waals surface area contributed by atoms with Crippen molar-refractivity contribution in [3.05, 3.63) is 28.4 Å². The monoisotopic (exact) mass is 386 g/mol. The van der Waals surface area contributed by atoms with E-state index >= 15 is 0 Å². The predicted molar refractivity (Wildman–Crippen MR) is 93.1 cm³/mol. The zero-order valence-electron chi connectivity index (χ0n) is 15.6. The lowest BCUT2D eigenvalue weighted by atomic mass is 9.95. The number of alkyl halides is 3. The molecule has 1 atom stereocenters. The number of halogens is 3. The molecule has 6 nitrogen and oxygen atoms in total. The summed E-state index contributed by atoms with van der Waals surface area (Å²) in [6.07, 6.45) is -1.18. The molecular weight excluding hydrogens is 361 g/mol. The van der Waals surface area contributed by atoms with E-state index in [1.165, 1.54) is 4.57 Å². The Kier molecular flexibility index (Phi) is 5.60. The highest BCUT2D eigenvalue weighted by atomic mass is 19.4. The van der Waals surface area contributed by atoms with Gasteiger partial charge in [0.2, 0.25) is 5.91 Å². The number of aromatic nitrogens is 2. The first kappa shape index (κ1) is 19.9. The Labute approximate surface area is 156 Å². The van der Waals surface area contributed by atoms with Crippen LogP contribution in [-0.2, 0) is 17.5 Å². The first-order chi connectivity index (χ1) is 12.7. The summed E-state index contributed by atoms with van der Waals surface area (Å²) < 4.78 is 39.1. The Morgan fingerprint density at radius 1 is 1.15 bits per heavy atom. The summed E-state index contributed by atoms with van der Waals surface area (Å²) in [5, 5.41) is 0. The number of likely N-dealkylation sites (tertiary alicyclic amines) is 2. The fourth-order valence-electron chi connectivity index (χ4n) is 3.98. The van der Waals surface area contributed by atoms with Crippen LogP contribution < -0.4 is 5.56 Å². The third-order valence-electron chi connectivity index (χ3n) is 5.55. The zero-order chi connectivity index (χ0) is 19.8. The average molecular weight is 386 g/mol. The molecule has 150 valence electrons. The number of hydrogen-bond donors (Lipinski definition) is 0. The molecule has 0 aliphatic carbocycles. The van der Waals surface area contributed by atoms with Gasteiger partial charge in [0.05, 0.1) is 12.4 Å². The largest absolute Gasteiger partial charge is 0.433 e. The van der Waals surface area contributed by atoms with Crippen molar-refractivity contribution in [2.75, 3.05) is 19.6 Å². The van der Waals surface area contributed by atoms with Crippen LogP contribution in [0.15, 0.2) is 17.2 Å². The molecule has 1 unspecified atom stereocenters. The van der Waals surface area contributed by atoms with Crippen molar-refractivity contribution in [3.8, 4) is 0 Å². The number of carbonyl (C=O) groups excluding carboxylic acids is 1.